The molecular formula is C12H15FN4O. The van der Waals surface area contributed by atoms with Crippen LogP contribution in [0.3, 0.4) is 0 Å². The van der Waals surface area contributed by atoms with Gasteiger partial charge in [0, 0.05) is 12.6 Å². The average Bonchev–Trinajstić information content (AvgIpc) is 2.84. The first-order valence-electron chi connectivity index (χ1n) is 5.68. The zero-order chi connectivity index (χ0) is 13.0. The van der Waals surface area contributed by atoms with Crippen molar-refractivity contribution in [1.29, 1.82) is 0 Å². The number of halogens is 1. The van der Waals surface area contributed by atoms with E-state index in [0.29, 0.717) is 12.3 Å². The molecule has 0 unspecified atom stereocenters. The second-order valence-electron chi connectivity index (χ2n) is 3.69. The standard InChI is InChI=1S/C12H15FN4O/c1-3-17-12(15-8-16-17)7-14-10-5-4-9(13)6-11(10)18-2/h4-6,8,14H,3,7H2,1-2H3. The van der Waals surface area contributed by atoms with Gasteiger partial charge in [-0.1, -0.05) is 0 Å². The lowest BCUT2D eigenvalue weighted by molar-refractivity contribution is 0.413. The summed E-state index contributed by atoms with van der Waals surface area (Å²) in [5, 5.41) is 7.23. The number of nitrogens with one attached hydrogen (secondary N) is 1. The molecule has 0 aliphatic carbocycles. The van der Waals surface area contributed by atoms with Gasteiger partial charge in [-0.2, -0.15) is 5.10 Å². The van der Waals surface area contributed by atoms with Gasteiger partial charge in [0.1, 0.15) is 23.7 Å². The van der Waals surface area contributed by atoms with Gasteiger partial charge in [0.15, 0.2) is 0 Å². The van der Waals surface area contributed by atoms with Crippen molar-refractivity contribution in [2.45, 2.75) is 20.0 Å². The van der Waals surface area contributed by atoms with Crippen LogP contribution >= 0.6 is 0 Å². The van der Waals surface area contributed by atoms with Crippen molar-refractivity contribution in [2.75, 3.05) is 12.4 Å². The Hall–Kier alpha value is -2.11. The highest BCUT2D eigenvalue weighted by Crippen LogP contribution is 2.25. The average molecular weight is 250 g/mol. The number of hydrogen-bond donors (Lipinski definition) is 1. The topological polar surface area (TPSA) is 52.0 Å². The largest absolute Gasteiger partial charge is 0.494 e. The van der Waals surface area contributed by atoms with Crippen LogP contribution in [-0.2, 0) is 13.1 Å². The van der Waals surface area contributed by atoms with Gasteiger partial charge in [-0.05, 0) is 19.1 Å². The number of nitrogens with zero attached hydrogens (tertiary/aromatic N) is 3. The monoisotopic (exact) mass is 250 g/mol. The molecule has 1 heterocycles. The maximum atomic E-state index is 13.0. The lowest BCUT2D eigenvalue weighted by atomic mass is 10.3. The quantitative estimate of drug-likeness (QED) is 0.882. The Labute approximate surface area is 105 Å². The van der Waals surface area contributed by atoms with Crippen LogP contribution in [-0.4, -0.2) is 21.9 Å². The molecule has 0 aliphatic rings. The third-order valence-corrected chi connectivity index (χ3v) is 2.60. The predicted octanol–water partition coefficient (Wildman–Crippen LogP) is 2.06. The van der Waals surface area contributed by atoms with Crippen molar-refractivity contribution in [3.8, 4) is 5.75 Å². The molecule has 2 aromatic rings. The number of aryl methyl sites for hydroxylation is 1. The van der Waals surface area contributed by atoms with E-state index in [2.05, 4.69) is 15.4 Å². The SMILES string of the molecule is CCn1ncnc1CNc1ccc(F)cc1OC. The first kappa shape index (κ1) is 12.3. The van der Waals surface area contributed by atoms with Crippen LogP contribution in [0, 0.1) is 5.82 Å². The summed E-state index contributed by atoms with van der Waals surface area (Å²) in [6.45, 7) is 3.27. The van der Waals surface area contributed by atoms with Crippen molar-refractivity contribution in [2.24, 2.45) is 0 Å². The fourth-order valence-electron chi connectivity index (χ4n) is 1.67. The maximum absolute atomic E-state index is 13.0. The highest BCUT2D eigenvalue weighted by Gasteiger charge is 2.06. The number of ether oxygens (including phenoxy) is 1. The van der Waals surface area contributed by atoms with Crippen LogP contribution in [0.4, 0.5) is 10.1 Å². The number of rotatable bonds is 5. The molecule has 0 amide bonds. The summed E-state index contributed by atoms with van der Waals surface area (Å²) in [6.07, 6.45) is 1.52. The smallest absolute Gasteiger partial charge is 0.146 e. The van der Waals surface area contributed by atoms with E-state index in [-0.39, 0.29) is 5.82 Å². The molecular weight excluding hydrogens is 235 g/mol. The molecule has 0 saturated carbocycles. The van der Waals surface area contributed by atoms with Crippen molar-refractivity contribution >= 4 is 5.69 Å². The summed E-state index contributed by atoms with van der Waals surface area (Å²) in [7, 11) is 1.51. The molecule has 0 radical (unpaired) electrons. The van der Waals surface area contributed by atoms with E-state index in [9.17, 15) is 4.39 Å². The molecule has 1 aromatic heterocycles. The Bertz CT molecular complexity index is 527. The van der Waals surface area contributed by atoms with Gasteiger partial charge in [0.2, 0.25) is 0 Å². The molecule has 0 atom stereocenters. The molecule has 0 spiro atoms. The van der Waals surface area contributed by atoms with Gasteiger partial charge in [-0.25, -0.2) is 14.1 Å². The fraction of sp³-hybridized carbons (Fsp3) is 0.333. The zero-order valence-electron chi connectivity index (χ0n) is 10.4. The minimum absolute atomic E-state index is 0.325. The maximum Gasteiger partial charge on any atom is 0.146 e. The molecule has 0 fully saturated rings. The summed E-state index contributed by atoms with van der Waals surface area (Å²) >= 11 is 0. The Morgan fingerprint density at radius 1 is 1.44 bits per heavy atom. The van der Waals surface area contributed by atoms with Gasteiger partial charge in [0.05, 0.1) is 19.3 Å². The summed E-state index contributed by atoms with van der Waals surface area (Å²) < 4.78 is 19.9. The Morgan fingerprint density at radius 3 is 3.00 bits per heavy atom. The highest BCUT2D eigenvalue weighted by atomic mass is 19.1. The second-order valence-corrected chi connectivity index (χ2v) is 3.69. The van der Waals surface area contributed by atoms with Crippen LogP contribution in [0.25, 0.3) is 0 Å². The lowest BCUT2D eigenvalue weighted by Gasteiger charge is -2.11. The van der Waals surface area contributed by atoms with Crippen LogP contribution < -0.4 is 10.1 Å². The Kier molecular flexibility index (Phi) is 3.76. The number of methoxy groups -OCH3 is 1. The van der Waals surface area contributed by atoms with Gasteiger partial charge in [0.25, 0.3) is 0 Å². The number of hydrogen-bond acceptors (Lipinski definition) is 4. The Morgan fingerprint density at radius 2 is 2.28 bits per heavy atom. The molecule has 96 valence electrons. The summed E-state index contributed by atoms with van der Waals surface area (Å²) in [5.74, 6) is 0.968. The first-order chi connectivity index (χ1) is 8.74. The molecule has 2 rings (SSSR count). The summed E-state index contributed by atoms with van der Waals surface area (Å²) in [6, 6.07) is 4.36. The summed E-state index contributed by atoms with van der Waals surface area (Å²) in [5.41, 5.74) is 0.726. The molecule has 1 aromatic carbocycles. The normalized spacial score (nSPS) is 10.4. The zero-order valence-corrected chi connectivity index (χ0v) is 10.4. The van der Waals surface area contributed by atoms with Gasteiger partial charge >= 0.3 is 0 Å². The van der Waals surface area contributed by atoms with Crippen molar-refractivity contribution in [3.63, 3.8) is 0 Å². The fourth-order valence-corrected chi connectivity index (χ4v) is 1.67. The van der Waals surface area contributed by atoms with Crippen molar-refractivity contribution < 1.29 is 9.13 Å². The lowest BCUT2D eigenvalue weighted by Crippen LogP contribution is -2.09. The van der Waals surface area contributed by atoms with Crippen LogP contribution in [0.1, 0.15) is 12.7 Å². The van der Waals surface area contributed by atoms with E-state index in [0.717, 1.165) is 18.1 Å². The van der Waals surface area contributed by atoms with Crippen LogP contribution in [0.2, 0.25) is 0 Å². The van der Waals surface area contributed by atoms with Gasteiger partial charge in [-0.15, -0.1) is 0 Å². The van der Waals surface area contributed by atoms with Crippen molar-refractivity contribution in [3.05, 3.63) is 36.2 Å². The third kappa shape index (κ3) is 2.58. The van der Waals surface area contributed by atoms with E-state index >= 15 is 0 Å². The number of anilines is 1. The van der Waals surface area contributed by atoms with E-state index in [1.165, 1.54) is 25.6 Å². The van der Waals surface area contributed by atoms with E-state index in [4.69, 9.17) is 4.74 Å². The van der Waals surface area contributed by atoms with E-state index in [1.807, 2.05) is 6.92 Å². The Balaban J connectivity index is 2.10. The van der Waals surface area contributed by atoms with Gasteiger partial charge < -0.3 is 10.1 Å². The predicted molar refractivity (Wildman–Crippen MR) is 66.0 cm³/mol. The minimum Gasteiger partial charge on any atom is -0.494 e. The summed E-state index contributed by atoms with van der Waals surface area (Å²) in [4.78, 5) is 4.15. The molecule has 0 saturated heterocycles. The van der Waals surface area contributed by atoms with Crippen LogP contribution in [0.5, 0.6) is 5.75 Å². The van der Waals surface area contributed by atoms with E-state index < -0.39 is 0 Å². The van der Waals surface area contributed by atoms with Gasteiger partial charge in [-0.3, -0.25) is 0 Å². The molecule has 1 N–H and O–H groups in total. The van der Waals surface area contributed by atoms with E-state index in [1.54, 1.807) is 10.7 Å². The van der Waals surface area contributed by atoms with Crippen molar-refractivity contribution in [1.82, 2.24) is 14.8 Å². The molecule has 0 bridgehead atoms. The first-order valence-corrected chi connectivity index (χ1v) is 5.68. The highest BCUT2D eigenvalue weighted by molar-refractivity contribution is 5.56. The molecule has 5 nitrogen and oxygen atoms in total. The second kappa shape index (κ2) is 5.48. The molecule has 6 heteroatoms. The number of aromatic nitrogens is 3. The third-order valence-electron chi connectivity index (χ3n) is 2.60. The minimum atomic E-state index is -0.325. The van der Waals surface area contributed by atoms with Crippen LogP contribution in [0.15, 0.2) is 24.5 Å². The molecule has 0 aliphatic heterocycles. The molecule has 18 heavy (non-hydrogen) atoms. The number of benzene rings is 1.